The molecule has 1 aliphatic carbocycles. The molecular weight excluding hydrogens is 293 g/mol. The molecule has 1 aromatic carbocycles. The van der Waals surface area contributed by atoms with E-state index in [-0.39, 0.29) is 17.8 Å². The van der Waals surface area contributed by atoms with Gasteiger partial charge in [0.2, 0.25) is 0 Å². The van der Waals surface area contributed by atoms with Crippen LogP contribution in [0.15, 0.2) is 42.6 Å². The van der Waals surface area contributed by atoms with E-state index in [0.717, 1.165) is 18.4 Å². The Morgan fingerprint density at radius 3 is 2.78 bits per heavy atom. The number of nitrogens with zero attached hydrogens (tertiary/aromatic N) is 3. The minimum atomic E-state index is -0.263. The van der Waals surface area contributed by atoms with Crippen LogP contribution >= 0.6 is 0 Å². The Morgan fingerprint density at radius 1 is 1.35 bits per heavy atom. The molecule has 4 nitrogen and oxygen atoms in total. The van der Waals surface area contributed by atoms with Crippen molar-refractivity contribution in [1.29, 1.82) is 5.26 Å². The van der Waals surface area contributed by atoms with Crippen molar-refractivity contribution in [2.45, 2.75) is 25.3 Å². The fourth-order valence-electron chi connectivity index (χ4n) is 2.51. The van der Waals surface area contributed by atoms with Crippen LogP contribution in [0.25, 0.3) is 0 Å². The van der Waals surface area contributed by atoms with Crippen LogP contribution < -0.4 is 0 Å². The normalized spacial score (nSPS) is 13.4. The molecule has 0 unspecified atom stereocenters. The van der Waals surface area contributed by atoms with E-state index in [1.165, 1.54) is 18.3 Å². The van der Waals surface area contributed by atoms with Crippen LogP contribution in [0.3, 0.4) is 0 Å². The zero-order valence-electron chi connectivity index (χ0n) is 12.6. The number of aromatic nitrogens is 1. The van der Waals surface area contributed by atoms with Crippen LogP contribution in [-0.2, 0) is 6.42 Å². The number of halogens is 1. The van der Waals surface area contributed by atoms with Crippen molar-refractivity contribution in [3.05, 3.63) is 65.2 Å². The zero-order chi connectivity index (χ0) is 16.2. The molecule has 1 fully saturated rings. The fraction of sp³-hybridized carbons (Fsp3) is 0.278. The van der Waals surface area contributed by atoms with Gasteiger partial charge < -0.3 is 4.90 Å². The summed E-state index contributed by atoms with van der Waals surface area (Å²) >= 11 is 0. The van der Waals surface area contributed by atoms with Gasteiger partial charge >= 0.3 is 0 Å². The maximum atomic E-state index is 13.2. The van der Waals surface area contributed by atoms with Gasteiger partial charge in [0.15, 0.2) is 0 Å². The maximum Gasteiger partial charge on any atom is 0.272 e. The molecule has 2 aromatic rings. The topological polar surface area (TPSA) is 57.0 Å². The van der Waals surface area contributed by atoms with Gasteiger partial charge in [-0.05, 0) is 49.1 Å². The van der Waals surface area contributed by atoms with Gasteiger partial charge in [0, 0.05) is 18.8 Å². The second-order valence-corrected chi connectivity index (χ2v) is 5.65. The molecule has 0 radical (unpaired) electrons. The van der Waals surface area contributed by atoms with E-state index in [1.807, 2.05) is 12.1 Å². The molecule has 5 heteroatoms. The first kappa shape index (κ1) is 15.2. The molecule has 0 N–H and O–H groups in total. The lowest BCUT2D eigenvalue weighted by Crippen LogP contribution is -2.35. The van der Waals surface area contributed by atoms with Gasteiger partial charge in [-0.25, -0.2) is 9.37 Å². The van der Waals surface area contributed by atoms with E-state index in [2.05, 4.69) is 4.98 Å². The summed E-state index contributed by atoms with van der Waals surface area (Å²) in [6, 6.07) is 11.9. The SMILES string of the molecule is N#Cc1ccc(C(=O)N(CCc2cccc(F)c2)C2CC2)nc1. The van der Waals surface area contributed by atoms with Crippen molar-refractivity contribution >= 4 is 5.91 Å². The summed E-state index contributed by atoms with van der Waals surface area (Å²) < 4.78 is 13.2. The maximum absolute atomic E-state index is 13.2. The molecule has 0 aliphatic heterocycles. The van der Waals surface area contributed by atoms with Gasteiger partial charge in [-0.15, -0.1) is 0 Å². The Kier molecular flexibility index (Phi) is 4.33. The predicted octanol–water partition coefficient (Wildman–Crippen LogP) is 2.94. The Bertz CT molecular complexity index is 748. The lowest BCUT2D eigenvalue weighted by molar-refractivity contribution is 0.0739. The van der Waals surface area contributed by atoms with Crippen LogP contribution in [0.4, 0.5) is 4.39 Å². The van der Waals surface area contributed by atoms with Gasteiger partial charge in [0.1, 0.15) is 17.6 Å². The van der Waals surface area contributed by atoms with Crippen molar-refractivity contribution in [3.63, 3.8) is 0 Å². The number of carbonyl (C=O) groups is 1. The average molecular weight is 309 g/mol. The first-order chi connectivity index (χ1) is 11.2. The molecule has 3 rings (SSSR count). The third kappa shape index (κ3) is 3.72. The summed E-state index contributed by atoms with van der Waals surface area (Å²) in [4.78, 5) is 18.5. The smallest absolute Gasteiger partial charge is 0.272 e. The van der Waals surface area contributed by atoms with Crippen LogP contribution in [0.2, 0.25) is 0 Å². The van der Waals surface area contributed by atoms with E-state index >= 15 is 0 Å². The number of hydrogen-bond donors (Lipinski definition) is 0. The summed E-state index contributed by atoms with van der Waals surface area (Å²) in [6.45, 7) is 0.536. The number of amides is 1. The molecule has 0 bridgehead atoms. The first-order valence-electron chi connectivity index (χ1n) is 7.59. The van der Waals surface area contributed by atoms with Crippen LogP contribution in [0.1, 0.15) is 34.5 Å². The molecular formula is C18H16FN3O. The summed E-state index contributed by atoms with van der Waals surface area (Å²) in [6.07, 6.45) is 4.00. The van der Waals surface area contributed by atoms with Gasteiger partial charge in [0.25, 0.3) is 5.91 Å². The molecule has 0 saturated heterocycles. The minimum Gasteiger partial charge on any atom is -0.334 e. The number of rotatable bonds is 5. The molecule has 23 heavy (non-hydrogen) atoms. The van der Waals surface area contributed by atoms with Crippen molar-refractivity contribution in [2.75, 3.05) is 6.54 Å². The number of nitriles is 1. The van der Waals surface area contributed by atoms with Crippen LogP contribution in [-0.4, -0.2) is 28.4 Å². The Hall–Kier alpha value is -2.74. The van der Waals surface area contributed by atoms with E-state index < -0.39 is 0 Å². The Labute approximate surface area is 134 Å². The van der Waals surface area contributed by atoms with Crippen LogP contribution in [0.5, 0.6) is 0 Å². The van der Waals surface area contributed by atoms with E-state index in [9.17, 15) is 9.18 Å². The first-order valence-corrected chi connectivity index (χ1v) is 7.59. The fourth-order valence-corrected chi connectivity index (χ4v) is 2.51. The number of carbonyl (C=O) groups excluding carboxylic acids is 1. The van der Waals surface area contributed by atoms with Crippen molar-refractivity contribution in [2.24, 2.45) is 0 Å². The van der Waals surface area contributed by atoms with E-state index in [0.29, 0.717) is 24.2 Å². The number of benzene rings is 1. The second kappa shape index (κ2) is 6.57. The quantitative estimate of drug-likeness (QED) is 0.853. The highest BCUT2D eigenvalue weighted by Gasteiger charge is 2.33. The molecule has 116 valence electrons. The number of hydrogen-bond acceptors (Lipinski definition) is 3. The third-order valence-electron chi connectivity index (χ3n) is 3.89. The zero-order valence-corrected chi connectivity index (χ0v) is 12.6. The minimum absolute atomic E-state index is 0.131. The summed E-state index contributed by atoms with van der Waals surface area (Å²) in [5.41, 5.74) is 1.64. The lowest BCUT2D eigenvalue weighted by Gasteiger charge is -2.22. The standard InChI is InChI=1S/C18H16FN3O/c19-15-3-1-2-13(10-15)8-9-22(16-5-6-16)18(23)17-7-4-14(11-20)12-21-17/h1-4,7,10,12,16H,5-6,8-9H2. The molecule has 1 amide bonds. The van der Waals surface area contributed by atoms with Gasteiger partial charge in [0.05, 0.1) is 5.56 Å². The average Bonchev–Trinajstić information content (AvgIpc) is 3.40. The second-order valence-electron chi connectivity index (χ2n) is 5.65. The molecule has 1 aliphatic rings. The van der Waals surface area contributed by atoms with E-state index in [1.54, 1.807) is 23.1 Å². The third-order valence-corrected chi connectivity index (χ3v) is 3.89. The molecule has 1 aromatic heterocycles. The highest BCUT2D eigenvalue weighted by atomic mass is 19.1. The Balaban J connectivity index is 1.70. The van der Waals surface area contributed by atoms with Gasteiger partial charge in [-0.2, -0.15) is 5.26 Å². The van der Waals surface area contributed by atoms with E-state index in [4.69, 9.17) is 5.26 Å². The summed E-state index contributed by atoms with van der Waals surface area (Å²) in [7, 11) is 0. The summed E-state index contributed by atoms with van der Waals surface area (Å²) in [5.74, 6) is -0.394. The highest BCUT2D eigenvalue weighted by molar-refractivity contribution is 5.92. The van der Waals surface area contributed by atoms with Crippen molar-refractivity contribution in [3.8, 4) is 6.07 Å². The van der Waals surface area contributed by atoms with Gasteiger partial charge in [-0.1, -0.05) is 12.1 Å². The van der Waals surface area contributed by atoms with Crippen molar-refractivity contribution in [1.82, 2.24) is 9.88 Å². The molecule has 1 heterocycles. The number of pyridine rings is 1. The largest absolute Gasteiger partial charge is 0.334 e. The predicted molar refractivity (Wildman–Crippen MR) is 83.1 cm³/mol. The molecule has 0 spiro atoms. The van der Waals surface area contributed by atoms with Crippen LogP contribution in [0, 0.1) is 17.1 Å². The molecule has 0 atom stereocenters. The lowest BCUT2D eigenvalue weighted by atomic mass is 10.1. The van der Waals surface area contributed by atoms with Crippen molar-refractivity contribution < 1.29 is 9.18 Å². The monoisotopic (exact) mass is 309 g/mol. The van der Waals surface area contributed by atoms with Gasteiger partial charge in [-0.3, -0.25) is 4.79 Å². The highest BCUT2D eigenvalue weighted by Crippen LogP contribution is 2.28. The molecule has 1 saturated carbocycles. The Morgan fingerprint density at radius 2 is 2.17 bits per heavy atom. The summed E-state index contributed by atoms with van der Waals surface area (Å²) in [5, 5.41) is 8.79.